The largest absolute Gasteiger partial charge is 0.245 e. The van der Waals surface area contributed by atoms with Crippen molar-refractivity contribution in [1.82, 2.24) is 4.98 Å². The molecule has 0 saturated carbocycles. The molecule has 0 bridgehead atoms. The molecule has 1 aromatic heterocycles. The maximum atomic E-state index is 14.3. The van der Waals surface area contributed by atoms with Crippen LogP contribution in [0.25, 0.3) is 22.4 Å². The predicted octanol–water partition coefficient (Wildman–Crippen LogP) is 4.44. The van der Waals surface area contributed by atoms with Crippen LogP contribution in [0.5, 0.6) is 0 Å². The smallest absolute Gasteiger partial charge is 0.178 e. The topological polar surface area (TPSA) is 47.0 Å². The van der Waals surface area contributed by atoms with E-state index in [1.54, 1.807) is 17.6 Å². The first kappa shape index (κ1) is 16.8. The van der Waals surface area contributed by atoms with E-state index in [-0.39, 0.29) is 4.90 Å². The highest BCUT2D eigenvalue weighted by atomic mass is 32.2. The molecule has 0 amide bonds. The molecule has 0 aliphatic rings. The fourth-order valence-corrected chi connectivity index (χ4v) is 3.88. The summed E-state index contributed by atoms with van der Waals surface area (Å²) in [5.41, 5.74) is 6.88. The molecular formula is C18H15FNO2S2. The van der Waals surface area contributed by atoms with Gasteiger partial charge in [-0.25, -0.2) is 17.8 Å². The average Bonchev–Trinajstić information content (AvgIpc) is 3.02. The van der Waals surface area contributed by atoms with Crippen LogP contribution in [0.2, 0.25) is 0 Å². The van der Waals surface area contributed by atoms with Gasteiger partial charge in [-0.15, -0.1) is 11.3 Å². The molecule has 0 aliphatic carbocycles. The van der Waals surface area contributed by atoms with Gasteiger partial charge in [0.15, 0.2) is 9.84 Å². The van der Waals surface area contributed by atoms with Crippen molar-refractivity contribution in [2.24, 2.45) is 0 Å². The quantitative estimate of drug-likeness (QED) is 0.694. The molecule has 24 heavy (non-hydrogen) atoms. The standard InChI is InChI=1S/C18H15FNO2S2/c1-11-4-6-14(18(12(11)2)16-9-23-10-20-16)13-5-7-17(15(19)8-13)24(3,21)22/h5-10H,1-3H3. The Hall–Kier alpha value is -2.05. The third-order valence-electron chi connectivity index (χ3n) is 3.97. The Balaban J connectivity index is 2.25. The first-order valence-corrected chi connectivity index (χ1v) is 10.0. The molecular weight excluding hydrogens is 345 g/mol. The molecule has 1 heterocycles. The third-order valence-corrected chi connectivity index (χ3v) is 5.69. The maximum Gasteiger partial charge on any atom is 0.178 e. The van der Waals surface area contributed by atoms with Crippen molar-refractivity contribution < 1.29 is 12.8 Å². The normalized spacial score (nSPS) is 11.7. The van der Waals surface area contributed by atoms with E-state index in [1.165, 1.54) is 23.5 Å². The Bertz CT molecular complexity index is 1010. The fourth-order valence-electron chi connectivity index (χ4n) is 2.61. The summed E-state index contributed by atoms with van der Waals surface area (Å²) in [5.74, 6) is -0.752. The Morgan fingerprint density at radius 2 is 2.00 bits per heavy atom. The lowest BCUT2D eigenvalue weighted by molar-refractivity contribution is 0.571. The van der Waals surface area contributed by atoms with E-state index in [2.05, 4.69) is 11.1 Å². The molecule has 3 aromatic rings. The SMILES string of the molecule is Cc1[c]cc(-c2ccc(S(C)(=O)=O)c(F)c2)c(-c2cscn2)c1C. The number of thiazole rings is 1. The van der Waals surface area contributed by atoms with Crippen LogP contribution in [0, 0.1) is 25.7 Å². The average molecular weight is 360 g/mol. The lowest BCUT2D eigenvalue weighted by Gasteiger charge is -2.14. The number of aromatic nitrogens is 1. The third kappa shape index (κ3) is 2.99. The van der Waals surface area contributed by atoms with Crippen molar-refractivity contribution >= 4 is 21.2 Å². The minimum absolute atomic E-state index is 0.297. The van der Waals surface area contributed by atoms with Gasteiger partial charge in [-0.3, -0.25) is 0 Å². The van der Waals surface area contributed by atoms with E-state index < -0.39 is 15.7 Å². The number of rotatable bonds is 3. The molecule has 0 N–H and O–H groups in total. The van der Waals surface area contributed by atoms with Crippen LogP contribution in [-0.2, 0) is 9.84 Å². The molecule has 3 nitrogen and oxygen atoms in total. The molecule has 0 aliphatic heterocycles. The monoisotopic (exact) mass is 360 g/mol. The molecule has 1 radical (unpaired) electrons. The fraction of sp³-hybridized carbons (Fsp3) is 0.167. The van der Waals surface area contributed by atoms with Crippen LogP contribution < -0.4 is 0 Å². The minimum atomic E-state index is -3.59. The van der Waals surface area contributed by atoms with E-state index in [9.17, 15) is 12.8 Å². The molecule has 3 rings (SSSR count). The Morgan fingerprint density at radius 3 is 2.58 bits per heavy atom. The van der Waals surface area contributed by atoms with Crippen LogP contribution in [0.3, 0.4) is 0 Å². The van der Waals surface area contributed by atoms with Gasteiger partial charge < -0.3 is 0 Å². The Labute approximate surface area is 144 Å². The zero-order valence-electron chi connectivity index (χ0n) is 13.4. The second-order valence-corrected chi connectivity index (χ2v) is 8.32. The Kier molecular flexibility index (Phi) is 4.27. The van der Waals surface area contributed by atoms with Gasteiger partial charge in [0, 0.05) is 17.2 Å². The van der Waals surface area contributed by atoms with Gasteiger partial charge in [0.05, 0.1) is 11.2 Å². The molecule has 123 valence electrons. The number of hydrogen-bond acceptors (Lipinski definition) is 4. The highest BCUT2D eigenvalue weighted by molar-refractivity contribution is 7.90. The highest BCUT2D eigenvalue weighted by Gasteiger charge is 2.18. The van der Waals surface area contributed by atoms with E-state index >= 15 is 0 Å². The zero-order valence-corrected chi connectivity index (χ0v) is 15.1. The summed E-state index contributed by atoms with van der Waals surface area (Å²) in [6.45, 7) is 3.94. The second-order valence-electron chi connectivity index (χ2n) is 5.62. The van der Waals surface area contributed by atoms with Crippen LogP contribution in [0.15, 0.2) is 40.1 Å². The summed E-state index contributed by atoms with van der Waals surface area (Å²) in [4.78, 5) is 4.07. The summed E-state index contributed by atoms with van der Waals surface area (Å²) in [5, 5.41) is 1.94. The molecule has 0 atom stereocenters. The van der Waals surface area contributed by atoms with Crippen molar-refractivity contribution in [3.8, 4) is 22.4 Å². The molecule has 0 fully saturated rings. The summed E-state index contributed by atoms with van der Waals surface area (Å²) < 4.78 is 37.5. The maximum absolute atomic E-state index is 14.3. The van der Waals surface area contributed by atoms with Gasteiger partial charge in [0.1, 0.15) is 10.7 Å². The van der Waals surface area contributed by atoms with Crippen LogP contribution in [0.1, 0.15) is 11.1 Å². The van der Waals surface area contributed by atoms with Crippen molar-refractivity contribution in [3.63, 3.8) is 0 Å². The van der Waals surface area contributed by atoms with Crippen LogP contribution in [0.4, 0.5) is 4.39 Å². The number of nitrogens with zero attached hydrogens (tertiary/aromatic N) is 1. The number of hydrogen-bond donors (Lipinski definition) is 0. The summed E-state index contributed by atoms with van der Waals surface area (Å²) in [6, 6.07) is 9.14. The molecule has 6 heteroatoms. The first-order valence-electron chi connectivity index (χ1n) is 7.19. The van der Waals surface area contributed by atoms with E-state index in [1.807, 2.05) is 19.2 Å². The van der Waals surface area contributed by atoms with E-state index in [0.717, 1.165) is 34.2 Å². The van der Waals surface area contributed by atoms with Crippen LogP contribution >= 0.6 is 11.3 Å². The van der Waals surface area contributed by atoms with Crippen LogP contribution in [-0.4, -0.2) is 19.7 Å². The molecule has 0 unspecified atom stereocenters. The van der Waals surface area contributed by atoms with Gasteiger partial charge in [0.2, 0.25) is 0 Å². The molecule has 0 spiro atoms. The summed E-state index contributed by atoms with van der Waals surface area (Å²) >= 11 is 1.49. The van der Waals surface area contributed by atoms with Crippen molar-refractivity contribution in [3.05, 3.63) is 58.2 Å². The van der Waals surface area contributed by atoms with Gasteiger partial charge in [-0.1, -0.05) is 6.07 Å². The molecule has 0 saturated heterocycles. The Morgan fingerprint density at radius 1 is 1.25 bits per heavy atom. The lowest BCUT2D eigenvalue weighted by atomic mass is 9.91. The first-order chi connectivity index (χ1) is 11.3. The van der Waals surface area contributed by atoms with Gasteiger partial charge >= 0.3 is 0 Å². The second kappa shape index (κ2) is 6.11. The van der Waals surface area contributed by atoms with E-state index in [0.29, 0.717) is 5.56 Å². The lowest BCUT2D eigenvalue weighted by Crippen LogP contribution is -2.01. The zero-order chi connectivity index (χ0) is 17.5. The minimum Gasteiger partial charge on any atom is -0.245 e. The van der Waals surface area contributed by atoms with Crippen molar-refractivity contribution in [1.29, 1.82) is 0 Å². The number of halogens is 1. The highest BCUT2D eigenvalue weighted by Crippen LogP contribution is 2.36. The van der Waals surface area contributed by atoms with E-state index in [4.69, 9.17) is 0 Å². The molecule has 2 aromatic carbocycles. The number of benzene rings is 2. The number of sulfone groups is 1. The van der Waals surface area contributed by atoms with Gasteiger partial charge in [-0.05, 0) is 60.4 Å². The summed E-state index contributed by atoms with van der Waals surface area (Å²) in [7, 11) is -3.59. The van der Waals surface area contributed by atoms with Crippen molar-refractivity contribution in [2.45, 2.75) is 18.7 Å². The summed E-state index contributed by atoms with van der Waals surface area (Å²) in [6.07, 6.45) is 0.996. The van der Waals surface area contributed by atoms with Gasteiger partial charge in [-0.2, -0.15) is 0 Å². The predicted molar refractivity (Wildman–Crippen MR) is 94.4 cm³/mol. The van der Waals surface area contributed by atoms with Crippen molar-refractivity contribution in [2.75, 3.05) is 6.26 Å². The van der Waals surface area contributed by atoms with Gasteiger partial charge in [0.25, 0.3) is 0 Å². The number of aryl methyl sites for hydroxylation is 1.